The van der Waals surface area contributed by atoms with Gasteiger partial charge in [-0.05, 0) is 18.1 Å². The van der Waals surface area contributed by atoms with Crippen molar-refractivity contribution in [2.24, 2.45) is 5.73 Å². The van der Waals surface area contributed by atoms with Crippen LogP contribution in [0.1, 0.15) is 23.8 Å². The van der Waals surface area contributed by atoms with Gasteiger partial charge in [0.15, 0.2) is 6.29 Å². The maximum absolute atomic E-state index is 12.0. The topological polar surface area (TPSA) is 183 Å². The molecule has 2 aliphatic rings. The molecule has 0 bridgehead atoms. The van der Waals surface area contributed by atoms with Crippen LogP contribution in [-0.2, 0) is 16.0 Å². The molecule has 1 aromatic rings. The van der Waals surface area contributed by atoms with E-state index in [4.69, 9.17) is 20.2 Å². The van der Waals surface area contributed by atoms with Gasteiger partial charge in [-0.15, -0.1) is 0 Å². The normalized spacial score (nSPS) is 19.4. The van der Waals surface area contributed by atoms with Crippen LogP contribution in [0.4, 0.5) is 0 Å². The lowest BCUT2D eigenvalue weighted by atomic mass is 9.70. The molecular weight excluding hydrogens is 375 g/mol. The third-order valence-corrected chi connectivity index (χ3v) is 4.76. The third kappa shape index (κ3) is 4.21. The molecule has 1 saturated heterocycles. The van der Waals surface area contributed by atoms with Crippen LogP contribution in [0.3, 0.4) is 0 Å². The fourth-order valence-electron chi connectivity index (χ4n) is 3.28. The first-order valence-corrected chi connectivity index (χ1v) is 8.81. The van der Waals surface area contributed by atoms with Crippen molar-refractivity contribution in [3.63, 3.8) is 0 Å². The fourth-order valence-corrected chi connectivity index (χ4v) is 3.28. The van der Waals surface area contributed by atoms with Crippen LogP contribution in [0.5, 0.6) is 11.5 Å². The van der Waals surface area contributed by atoms with Gasteiger partial charge in [0, 0.05) is 0 Å². The van der Waals surface area contributed by atoms with Gasteiger partial charge in [0.1, 0.15) is 11.9 Å². The summed E-state index contributed by atoms with van der Waals surface area (Å²) in [6.45, 7) is -2.79. The molecule has 154 valence electrons. The van der Waals surface area contributed by atoms with E-state index in [9.17, 15) is 29.9 Å². The highest BCUT2D eigenvalue weighted by molar-refractivity contribution is 6.58. The van der Waals surface area contributed by atoms with Crippen LogP contribution in [0.25, 0.3) is 0 Å². The van der Waals surface area contributed by atoms with Gasteiger partial charge in [0.2, 0.25) is 5.91 Å². The number of fused-ring (bicyclic) bond motifs is 1. The molecule has 7 N–H and O–H groups in total. The quantitative estimate of drug-likeness (QED) is 0.230. The summed E-state index contributed by atoms with van der Waals surface area (Å²) in [6, 6.07) is 2.01. The lowest BCUT2D eigenvalue weighted by Crippen LogP contribution is -2.60. The lowest BCUT2D eigenvalue weighted by molar-refractivity contribution is -0.146. The molecule has 0 aromatic heterocycles. The zero-order chi connectivity index (χ0) is 20.6. The molecule has 2 heterocycles. The second-order valence-electron chi connectivity index (χ2n) is 7.04. The Bertz CT molecular complexity index is 780. The number of carbonyl (C=O) groups excluding carboxylic acids is 1. The van der Waals surface area contributed by atoms with Crippen molar-refractivity contribution >= 4 is 18.6 Å². The molecule has 1 fully saturated rings. The Morgan fingerprint density at radius 3 is 2.61 bits per heavy atom. The van der Waals surface area contributed by atoms with Crippen molar-refractivity contribution in [1.29, 1.82) is 0 Å². The summed E-state index contributed by atoms with van der Waals surface area (Å²) in [7, 11) is 0. The summed E-state index contributed by atoms with van der Waals surface area (Å²) >= 11 is 0. The Morgan fingerprint density at radius 1 is 1.32 bits per heavy atom. The van der Waals surface area contributed by atoms with Gasteiger partial charge in [0.25, 0.3) is 0 Å². The van der Waals surface area contributed by atoms with Gasteiger partial charge in [-0.2, -0.15) is 0 Å². The molecule has 0 aliphatic carbocycles. The molecule has 12 heteroatoms. The zero-order valence-electron chi connectivity index (χ0n) is 14.9. The number of ether oxygens (including phenoxy) is 1. The highest BCUT2D eigenvalue weighted by Crippen LogP contribution is 2.41. The van der Waals surface area contributed by atoms with Crippen LogP contribution < -0.4 is 15.1 Å². The summed E-state index contributed by atoms with van der Waals surface area (Å²) in [6.07, 6.45) is -2.65. The van der Waals surface area contributed by atoms with E-state index in [-0.39, 0.29) is 42.9 Å². The number of amides is 1. The summed E-state index contributed by atoms with van der Waals surface area (Å²) in [5.74, 6) is -1.64. The second-order valence-corrected chi connectivity index (χ2v) is 7.04. The van der Waals surface area contributed by atoms with Gasteiger partial charge in [-0.1, -0.05) is 12.4 Å². The van der Waals surface area contributed by atoms with Gasteiger partial charge in [-0.25, -0.2) is 0 Å². The number of carboxylic acid groups (broad SMARTS) is 1. The van der Waals surface area contributed by atoms with E-state index >= 15 is 0 Å². The number of benzene rings is 1. The average molecular weight is 397 g/mol. The number of aliphatic carboxylic acids is 1. The Morgan fingerprint density at radius 2 is 2.00 bits per heavy atom. The van der Waals surface area contributed by atoms with E-state index in [2.05, 4.69) is 0 Å². The number of aliphatic hydroxyl groups is 2. The number of hydrogen-bond acceptors (Lipinski definition) is 9. The van der Waals surface area contributed by atoms with Crippen LogP contribution in [0, 0.1) is 0 Å². The number of nitrogens with two attached hydrogens (primary N) is 1. The molecule has 0 unspecified atom stereocenters. The second kappa shape index (κ2) is 7.56. The molecule has 1 amide bonds. The summed E-state index contributed by atoms with van der Waals surface area (Å²) < 4.78 is 10.9. The van der Waals surface area contributed by atoms with E-state index in [1.807, 2.05) is 0 Å². The highest BCUT2D eigenvalue weighted by atomic mass is 16.6. The van der Waals surface area contributed by atoms with E-state index in [1.54, 1.807) is 6.07 Å². The van der Waals surface area contributed by atoms with Gasteiger partial charge < -0.3 is 45.4 Å². The molecule has 11 nitrogen and oxygen atoms in total. The van der Waals surface area contributed by atoms with Crippen molar-refractivity contribution < 1.29 is 44.3 Å². The average Bonchev–Trinajstić information content (AvgIpc) is 2.54. The maximum atomic E-state index is 12.0. The Balaban J connectivity index is 1.69. The van der Waals surface area contributed by atoms with Crippen molar-refractivity contribution in [2.45, 2.75) is 37.6 Å². The number of rotatable bonds is 6. The largest absolute Gasteiger partial charge is 0.670 e. The number of carbonyl (C=O) groups is 2. The zero-order valence-corrected chi connectivity index (χ0v) is 14.9. The number of likely N-dealkylation sites (tertiary alicyclic amines) is 1. The molecule has 3 rings (SSSR count). The van der Waals surface area contributed by atoms with Crippen molar-refractivity contribution in [3.8, 4) is 11.5 Å². The maximum Gasteiger partial charge on any atom is 0.430 e. The predicted octanol–water partition coefficient (Wildman–Crippen LogP) is -2.08. The van der Waals surface area contributed by atoms with E-state index in [0.717, 1.165) is 0 Å². The summed E-state index contributed by atoms with van der Waals surface area (Å²) in [4.78, 5) is 24.0. The number of nitrogens with zero attached hydrogens (tertiary/aromatic N) is 1. The summed E-state index contributed by atoms with van der Waals surface area (Å²) in [5, 5.41) is 47.7. The molecule has 1 aromatic carbocycles. The Hall–Kier alpha value is -2.38. The molecule has 0 saturated carbocycles. The standard InChI is InChI=1S/C16H22BN2O9/c18-10(5-12(20)21)15(22)19-6-9(7-19)27-11-2-1-8-3-4-17(25,26)28-14(8)13(11)16(23)24/h1-2,9-10,16,23-26H,3-7,18H2,(H,20,21)/q-1/t10-/m0/s1. The van der Waals surface area contributed by atoms with Crippen molar-refractivity contribution in [3.05, 3.63) is 23.3 Å². The first-order valence-electron chi connectivity index (χ1n) is 8.81. The number of aliphatic hydroxyl groups excluding tert-OH is 1. The number of hydrogen-bond donors (Lipinski definition) is 6. The van der Waals surface area contributed by atoms with E-state index in [1.165, 1.54) is 11.0 Å². The van der Waals surface area contributed by atoms with Gasteiger partial charge in [-0.3, -0.25) is 9.59 Å². The predicted molar refractivity (Wildman–Crippen MR) is 94.2 cm³/mol. The molecular formula is C16H22BN2O9-. The Kier molecular flexibility index (Phi) is 5.50. The lowest BCUT2D eigenvalue weighted by Gasteiger charge is -2.41. The van der Waals surface area contributed by atoms with E-state index < -0.39 is 43.5 Å². The monoisotopic (exact) mass is 397 g/mol. The number of aryl methyl sites for hydroxylation is 1. The van der Waals surface area contributed by atoms with Crippen LogP contribution >= 0.6 is 0 Å². The third-order valence-electron chi connectivity index (χ3n) is 4.76. The van der Waals surface area contributed by atoms with Gasteiger partial charge in [0.05, 0.1) is 36.9 Å². The number of carboxylic acids is 1. The SMILES string of the molecule is N[C@@H](CC(=O)O)C(=O)N1CC(Oc2ccc3c(c2C(O)O)O[B-](O)(O)CC3)C1. The molecule has 28 heavy (non-hydrogen) atoms. The van der Waals surface area contributed by atoms with Crippen LogP contribution in [0.2, 0.25) is 6.32 Å². The van der Waals surface area contributed by atoms with Gasteiger partial charge >= 0.3 is 12.7 Å². The van der Waals surface area contributed by atoms with Crippen molar-refractivity contribution in [2.75, 3.05) is 13.1 Å². The molecule has 1 atom stereocenters. The summed E-state index contributed by atoms with van der Waals surface area (Å²) in [5.41, 5.74) is 6.01. The fraction of sp³-hybridized carbons (Fsp3) is 0.500. The highest BCUT2D eigenvalue weighted by Gasteiger charge is 2.37. The minimum atomic E-state index is -3.10. The minimum Gasteiger partial charge on any atom is -0.670 e. The Labute approximate surface area is 159 Å². The minimum absolute atomic E-state index is 0.00946. The smallest absolute Gasteiger partial charge is 0.430 e. The first-order chi connectivity index (χ1) is 13.1. The molecule has 0 radical (unpaired) electrons. The van der Waals surface area contributed by atoms with Crippen LogP contribution in [-0.4, -0.2) is 74.1 Å². The van der Waals surface area contributed by atoms with Crippen molar-refractivity contribution in [1.82, 2.24) is 4.90 Å². The first kappa shape index (κ1) is 20.4. The molecule has 0 spiro atoms. The van der Waals surface area contributed by atoms with E-state index in [0.29, 0.717) is 5.56 Å². The van der Waals surface area contributed by atoms with Crippen LogP contribution in [0.15, 0.2) is 12.1 Å². The molecule has 2 aliphatic heterocycles.